The molecule has 1 saturated carbocycles. The largest absolute Gasteiger partial charge is 0.481 e. The highest BCUT2D eigenvalue weighted by molar-refractivity contribution is 5.66. The molecule has 0 aromatic carbocycles. The third-order valence-corrected chi connectivity index (χ3v) is 5.46. The van der Waals surface area contributed by atoms with E-state index in [0.717, 1.165) is 38.5 Å². The molecule has 0 radical (unpaired) electrons. The van der Waals surface area contributed by atoms with Crippen LogP contribution >= 0.6 is 0 Å². The Bertz CT molecular complexity index is 528. The summed E-state index contributed by atoms with van der Waals surface area (Å²) in [6.45, 7) is 5.29. The van der Waals surface area contributed by atoms with Crippen LogP contribution in [0.15, 0.2) is 36.7 Å². The van der Waals surface area contributed by atoms with Crippen molar-refractivity contribution in [3.05, 3.63) is 36.7 Å². The summed E-state index contributed by atoms with van der Waals surface area (Å²) in [7, 11) is 0. The molecule has 154 valence electrons. The predicted molar refractivity (Wildman–Crippen MR) is 106 cm³/mol. The van der Waals surface area contributed by atoms with Gasteiger partial charge in [0.1, 0.15) is 11.4 Å². The molecule has 0 bridgehead atoms. The van der Waals surface area contributed by atoms with Gasteiger partial charge in [-0.05, 0) is 50.4 Å². The molecule has 1 unspecified atom stereocenters. The highest BCUT2D eigenvalue weighted by Crippen LogP contribution is 2.36. The molecule has 0 aromatic heterocycles. The number of allylic oxidation sites excluding steroid dienone is 3. The van der Waals surface area contributed by atoms with Gasteiger partial charge in [0, 0.05) is 12.8 Å². The van der Waals surface area contributed by atoms with Crippen molar-refractivity contribution < 1.29 is 24.5 Å². The monoisotopic (exact) mass is 382 g/mol. The van der Waals surface area contributed by atoms with Crippen molar-refractivity contribution in [3.8, 4) is 0 Å². The Morgan fingerprint density at radius 2 is 2.00 bits per heavy atom. The van der Waals surface area contributed by atoms with Gasteiger partial charge in [-0.1, -0.05) is 50.6 Å². The van der Waals surface area contributed by atoms with Crippen molar-refractivity contribution in [2.75, 3.05) is 0 Å². The first kappa shape index (κ1) is 23.6. The fraction of sp³-hybridized carbons (Fsp3) is 0.682. The fourth-order valence-electron chi connectivity index (χ4n) is 3.65. The van der Waals surface area contributed by atoms with Crippen LogP contribution in [0.2, 0.25) is 0 Å². The lowest BCUT2D eigenvalue weighted by atomic mass is 9.88. The topological polar surface area (TPSA) is 77.8 Å². The number of halogens is 1. The zero-order valence-corrected chi connectivity index (χ0v) is 16.4. The van der Waals surface area contributed by atoms with Crippen LogP contribution in [-0.2, 0) is 4.79 Å². The Kier molecular flexibility index (Phi) is 10.6. The van der Waals surface area contributed by atoms with Crippen molar-refractivity contribution >= 4 is 5.97 Å². The van der Waals surface area contributed by atoms with Crippen LogP contribution in [-0.4, -0.2) is 33.0 Å². The maximum Gasteiger partial charge on any atom is 0.303 e. The van der Waals surface area contributed by atoms with Gasteiger partial charge in [0.05, 0.1) is 6.10 Å². The third kappa shape index (κ3) is 8.39. The molecule has 5 heteroatoms. The van der Waals surface area contributed by atoms with E-state index in [-0.39, 0.29) is 30.8 Å². The summed E-state index contributed by atoms with van der Waals surface area (Å²) >= 11 is 0. The van der Waals surface area contributed by atoms with Gasteiger partial charge >= 0.3 is 5.97 Å². The SMILES string of the molecule is C=C(F)C(O)(CC=C[C@H]1CC[C@@H](O)[C@@H]1CC=CCCCC(=O)O)CCCC. The van der Waals surface area contributed by atoms with Gasteiger partial charge in [-0.15, -0.1) is 0 Å². The lowest BCUT2D eigenvalue weighted by molar-refractivity contribution is -0.137. The summed E-state index contributed by atoms with van der Waals surface area (Å²) in [4.78, 5) is 10.5. The molecular weight excluding hydrogens is 347 g/mol. The summed E-state index contributed by atoms with van der Waals surface area (Å²) in [5, 5.41) is 29.3. The van der Waals surface area contributed by atoms with Gasteiger partial charge in [-0.3, -0.25) is 4.79 Å². The van der Waals surface area contributed by atoms with Crippen molar-refractivity contribution in [3.63, 3.8) is 0 Å². The van der Waals surface area contributed by atoms with E-state index in [1.807, 2.05) is 31.2 Å². The summed E-state index contributed by atoms with van der Waals surface area (Å²) in [6, 6.07) is 0. The van der Waals surface area contributed by atoms with Gasteiger partial charge in [-0.25, -0.2) is 4.39 Å². The molecule has 0 aliphatic heterocycles. The molecule has 0 spiro atoms. The molecule has 1 aliphatic carbocycles. The number of hydrogen-bond acceptors (Lipinski definition) is 3. The molecule has 3 N–H and O–H groups in total. The number of unbranched alkanes of at least 4 members (excludes halogenated alkanes) is 2. The van der Waals surface area contributed by atoms with E-state index < -0.39 is 17.4 Å². The molecule has 0 aromatic rings. The fourth-order valence-corrected chi connectivity index (χ4v) is 3.65. The normalized spacial score (nSPS) is 25.3. The molecule has 1 rings (SSSR count). The third-order valence-electron chi connectivity index (χ3n) is 5.46. The Morgan fingerprint density at radius 1 is 1.26 bits per heavy atom. The first-order valence-electron chi connectivity index (χ1n) is 10.1. The average Bonchev–Trinajstić information content (AvgIpc) is 2.96. The van der Waals surface area contributed by atoms with E-state index in [9.17, 15) is 19.4 Å². The van der Waals surface area contributed by atoms with E-state index >= 15 is 0 Å². The van der Waals surface area contributed by atoms with E-state index in [2.05, 4.69) is 6.58 Å². The maximum absolute atomic E-state index is 13.7. The minimum absolute atomic E-state index is 0.106. The second kappa shape index (κ2) is 12.1. The molecule has 4 atom stereocenters. The van der Waals surface area contributed by atoms with E-state index in [4.69, 9.17) is 5.11 Å². The van der Waals surface area contributed by atoms with Gasteiger partial charge in [0.15, 0.2) is 0 Å². The second-order valence-electron chi connectivity index (χ2n) is 7.64. The van der Waals surface area contributed by atoms with Gasteiger partial charge in [-0.2, -0.15) is 0 Å². The number of carbonyl (C=O) groups is 1. The van der Waals surface area contributed by atoms with Crippen LogP contribution < -0.4 is 0 Å². The summed E-state index contributed by atoms with van der Waals surface area (Å²) in [6.07, 6.45) is 13.5. The van der Waals surface area contributed by atoms with Crippen molar-refractivity contribution in [1.82, 2.24) is 0 Å². The first-order valence-corrected chi connectivity index (χ1v) is 10.1. The molecule has 4 nitrogen and oxygen atoms in total. The maximum atomic E-state index is 13.7. The minimum atomic E-state index is -1.50. The van der Waals surface area contributed by atoms with Crippen LogP contribution in [0, 0.1) is 11.8 Å². The molecule has 1 aliphatic rings. The Labute approximate surface area is 162 Å². The predicted octanol–water partition coefficient (Wildman–Crippen LogP) is 4.93. The van der Waals surface area contributed by atoms with E-state index in [1.54, 1.807) is 0 Å². The van der Waals surface area contributed by atoms with Gasteiger partial charge < -0.3 is 15.3 Å². The average molecular weight is 383 g/mol. The highest BCUT2D eigenvalue weighted by Gasteiger charge is 2.33. The van der Waals surface area contributed by atoms with E-state index in [0.29, 0.717) is 12.8 Å². The summed E-state index contributed by atoms with van der Waals surface area (Å²) in [5.41, 5.74) is -1.50. The molecular formula is C22H35FO4. The number of aliphatic hydroxyl groups excluding tert-OH is 1. The van der Waals surface area contributed by atoms with Crippen LogP contribution in [0.3, 0.4) is 0 Å². The standard InChI is InChI=1S/C22H35FO4/c1-3-4-15-22(27,17(2)23)16-9-10-18-13-14-20(24)19(18)11-7-5-6-8-12-21(25)26/h5,7,9-10,18-20,24,27H,2-4,6,8,11-16H2,1H3,(H,25,26)/t18-,19+,20+,22?/m0/s1. The van der Waals surface area contributed by atoms with Crippen LogP contribution in [0.5, 0.6) is 0 Å². The molecule has 0 heterocycles. The zero-order valence-electron chi connectivity index (χ0n) is 16.4. The Balaban J connectivity index is 2.54. The van der Waals surface area contributed by atoms with Crippen molar-refractivity contribution in [1.29, 1.82) is 0 Å². The lowest BCUT2D eigenvalue weighted by Gasteiger charge is -2.25. The number of carboxylic acids is 1. The van der Waals surface area contributed by atoms with Gasteiger partial charge in [0.2, 0.25) is 0 Å². The molecule has 0 amide bonds. The van der Waals surface area contributed by atoms with E-state index in [1.165, 1.54) is 0 Å². The highest BCUT2D eigenvalue weighted by atomic mass is 19.1. The number of carboxylic acid groups (broad SMARTS) is 1. The van der Waals surface area contributed by atoms with Crippen LogP contribution in [0.4, 0.5) is 4.39 Å². The minimum Gasteiger partial charge on any atom is -0.481 e. The van der Waals surface area contributed by atoms with Gasteiger partial charge in [0.25, 0.3) is 0 Å². The molecule has 1 fully saturated rings. The number of aliphatic hydroxyl groups is 2. The Morgan fingerprint density at radius 3 is 2.63 bits per heavy atom. The lowest BCUT2D eigenvalue weighted by Crippen LogP contribution is -2.28. The zero-order chi connectivity index (χ0) is 20.3. The number of hydrogen-bond donors (Lipinski definition) is 3. The van der Waals surface area contributed by atoms with Crippen LogP contribution in [0.25, 0.3) is 0 Å². The van der Waals surface area contributed by atoms with Crippen molar-refractivity contribution in [2.45, 2.75) is 82.8 Å². The second-order valence-corrected chi connectivity index (χ2v) is 7.64. The molecule has 27 heavy (non-hydrogen) atoms. The summed E-state index contributed by atoms with van der Waals surface area (Å²) in [5.74, 6) is -1.16. The first-order chi connectivity index (χ1) is 12.8. The number of aliphatic carboxylic acids is 1. The summed E-state index contributed by atoms with van der Waals surface area (Å²) < 4.78 is 13.7. The Hall–Kier alpha value is -1.46. The molecule has 0 saturated heterocycles. The van der Waals surface area contributed by atoms with Crippen molar-refractivity contribution in [2.24, 2.45) is 11.8 Å². The smallest absolute Gasteiger partial charge is 0.303 e. The van der Waals surface area contributed by atoms with Crippen LogP contribution in [0.1, 0.15) is 71.1 Å². The quantitative estimate of drug-likeness (QED) is 0.312. The number of rotatable bonds is 13.